The molecule has 0 bridgehead atoms. The number of aromatic nitrogens is 1. The van der Waals surface area contributed by atoms with E-state index in [1.54, 1.807) is 36.5 Å². The van der Waals surface area contributed by atoms with Crippen LogP contribution in [0.15, 0.2) is 36.5 Å². The molecule has 0 aliphatic heterocycles. The monoisotopic (exact) mass is 268 g/mol. The highest BCUT2D eigenvalue weighted by atomic mass is 35.5. The van der Waals surface area contributed by atoms with Crippen LogP contribution in [0, 0.1) is 0 Å². The second-order valence-corrected chi connectivity index (χ2v) is 4.25. The Bertz CT molecular complexity index is 532. The zero-order valence-electron chi connectivity index (χ0n) is 8.86. The third-order valence-corrected chi connectivity index (χ3v) is 2.79. The number of rotatable bonds is 3. The average Bonchev–Trinajstić information content (AvgIpc) is 2.32. The average molecular weight is 269 g/mol. The maximum atomic E-state index is 6.02. The van der Waals surface area contributed by atoms with Crippen molar-refractivity contribution in [2.75, 3.05) is 5.73 Å². The van der Waals surface area contributed by atoms with E-state index in [1.807, 2.05) is 0 Å². The van der Waals surface area contributed by atoms with E-state index < -0.39 is 0 Å². The molecule has 0 atom stereocenters. The minimum Gasteiger partial charge on any atom is -0.485 e. The molecule has 0 saturated carbocycles. The van der Waals surface area contributed by atoms with Gasteiger partial charge in [0.2, 0.25) is 0 Å². The number of nitrogen functional groups attached to an aromatic ring is 1. The van der Waals surface area contributed by atoms with E-state index in [2.05, 4.69) is 4.98 Å². The summed E-state index contributed by atoms with van der Waals surface area (Å²) >= 11 is 11.9. The van der Waals surface area contributed by atoms with Crippen LogP contribution in [-0.4, -0.2) is 4.98 Å². The Labute approximate surface area is 109 Å². The molecule has 0 radical (unpaired) electrons. The Morgan fingerprint density at radius 1 is 1.24 bits per heavy atom. The van der Waals surface area contributed by atoms with Gasteiger partial charge in [0.15, 0.2) is 11.6 Å². The van der Waals surface area contributed by atoms with Crippen LogP contribution in [-0.2, 0) is 6.61 Å². The van der Waals surface area contributed by atoms with Gasteiger partial charge >= 0.3 is 0 Å². The summed E-state index contributed by atoms with van der Waals surface area (Å²) in [6.45, 7) is 0.301. The van der Waals surface area contributed by atoms with Gasteiger partial charge in [-0.3, -0.25) is 0 Å². The summed E-state index contributed by atoms with van der Waals surface area (Å²) in [5.41, 5.74) is 6.47. The summed E-state index contributed by atoms with van der Waals surface area (Å²) in [5.74, 6) is 0.884. The molecule has 0 saturated heterocycles. The minimum absolute atomic E-state index is 0.301. The first-order valence-electron chi connectivity index (χ1n) is 4.94. The van der Waals surface area contributed by atoms with Gasteiger partial charge in [-0.05, 0) is 30.3 Å². The van der Waals surface area contributed by atoms with E-state index in [0.717, 1.165) is 5.56 Å². The molecule has 0 amide bonds. The highest BCUT2D eigenvalue weighted by Gasteiger charge is 2.04. The topological polar surface area (TPSA) is 48.1 Å². The maximum Gasteiger partial charge on any atom is 0.166 e. The van der Waals surface area contributed by atoms with E-state index in [-0.39, 0.29) is 0 Å². The Hall–Kier alpha value is -1.45. The number of hydrogen-bond acceptors (Lipinski definition) is 3. The van der Waals surface area contributed by atoms with Crippen molar-refractivity contribution in [3.63, 3.8) is 0 Å². The van der Waals surface area contributed by atoms with E-state index in [1.165, 1.54) is 0 Å². The van der Waals surface area contributed by atoms with E-state index in [9.17, 15) is 0 Å². The number of nitrogens with zero attached hydrogens (tertiary/aromatic N) is 1. The molecule has 0 spiro atoms. The lowest BCUT2D eigenvalue weighted by Gasteiger charge is -2.09. The Morgan fingerprint density at radius 2 is 2.06 bits per heavy atom. The highest BCUT2D eigenvalue weighted by Crippen LogP contribution is 2.24. The number of nitrogens with two attached hydrogens (primary N) is 1. The lowest BCUT2D eigenvalue weighted by molar-refractivity contribution is 0.307. The number of hydrogen-bond donors (Lipinski definition) is 1. The van der Waals surface area contributed by atoms with Crippen LogP contribution in [0.3, 0.4) is 0 Å². The van der Waals surface area contributed by atoms with Gasteiger partial charge in [0, 0.05) is 21.8 Å². The van der Waals surface area contributed by atoms with Crippen LogP contribution in [0.4, 0.5) is 5.82 Å². The molecule has 0 unspecified atom stereocenters. The maximum absolute atomic E-state index is 6.02. The van der Waals surface area contributed by atoms with Crippen molar-refractivity contribution in [1.29, 1.82) is 0 Å². The molecule has 1 heterocycles. The van der Waals surface area contributed by atoms with E-state index >= 15 is 0 Å². The summed E-state index contributed by atoms with van der Waals surface area (Å²) in [4.78, 5) is 3.93. The third kappa shape index (κ3) is 3.02. The number of ether oxygens (including phenoxy) is 1. The first-order chi connectivity index (χ1) is 8.16. The summed E-state index contributed by atoms with van der Waals surface area (Å²) in [5, 5.41) is 1.23. The minimum atomic E-state index is 0.301. The highest BCUT2D eigenvalue weighted by molar-refractivity contribution is 6.33. The van der Waals surface area contributed by atoms with Crippen LogP contribution >= 0.6 is 23.2 Å². The molecule has 2 rings (SSSR count). The van der Waals surface area contributed by atoms with Crippen molar-refractivity contribution < 1.29 is 4.74 Å². The molecule has 5 heteroatoms. The van der Waals surface area contributed by atoms with Crippen LogP contribution in [0.25, 0.3) is 0 Å². The molecule has 0 aliphatic rings. The smallest absolute Gasteiger partial charge is 0.166 e. The summed E-state index contributed by atoms with van der Waals surface area (Å²) < 4.78 is 5.53. The number of anilines is 1. The SMILES string of the molecule is Nc1ncccc1OCc1cc(Cl)ccc1Cl. The van der Waals surface area contributed by atoms with Gasteiger partial charge in [0.25, 0.3) is 0 Å². The van der Waals surface area contributed by atoms with E-state index in [4.69, 9.17) is 33.7 Å². The fraction of sp³-hybridized carbons (Fsp3) is 0.0833. The summed E-state index contributed by atoms with van der Waals surface area (Å²) in [7, 11) is 0. The zero-order valence-corrected chi connectivity index (χ0v) is 10.4. The van der Waals surface area contributed by atoms with Gasteiger partial charge < -0.3 is 10.5 Å². The van der Waals surface area contributed by atoms with Crippen molar-refractivity contribution in [3.8, 4) is 5.75 Å². The van der Waals surface area contributed by atoms with Gasteiger partial charge in [-0.15, -0.1) is 0 Å². The van der Waals surface area contributed by atoms with Gasteiger partial charge in [-0.25, -0.2) is 4.98 Å². The van der Waals surface area contributed by atoms with Crippen LogP contribution in [0.5, 0.6) is 5.75 Å². The fourth-order valence-corrected chi connectivity index (χ4v) is 1.70. The van der Waals surface area contributed by atoms with Crippen molar-refractivity contribution in [3.05, 3.63) is 52.1 Å². The van der Waals surface area contributed by atoms with Crippen molar-refractivity contribution in [1.82, 2.24) is 4.98 Å². The molecule has 17 heavy (non-hydrogen) atoms. The quantitative estimate of drug-likeness (QED) is 0.926. The lowest BCUT2D eigenvalue weighted by Crippen LogP contribution is -2.00. The first-order valence-corrected chi connectivity index (χ1v) is 5.69. The normalized spacial score (nSPS) is 10.2. The predicted molar refractivity (Wildman–Crippen MR) is 69.4 cm³/mol. The summed E-state index contributed by atoms with van der Waals surface area (Å²) in [6.07, 6.45) is 1.61. The molecule has 1 aromatic heterocycles. The third-order valence-electron chi connectivity index (χ3n) is 2.19. The Balaban J connectivity index is 2.12. The standard InChI is InChI=1S/C12H10Cl2N2O/c13-9-3-4-10(14)8(6-9)7-17-11-2-1-5-16-12(11)15/h1-6H,7H2,(H2,15,16). The van der Waals surface area contributed by atoms with Gasteiger partial charge in [0.05, 0.1) is 0 Å². The van der Waals surface area contributed by atoms with Crippen molar-refractivity contribution in [2.45, 2.75) is 6.61 Å². The van der Waals surface area contributed by atoms with Crippen LogP contribution in [0.1, 0.15) is 5.56 Å². The number of benzene rings is 1. The molecular formula is C12H10Cl2N2O. The molecular weight excluding hydrogens is 259 g/mol. The fourth-order valence-electron chi connectivity index (χ4n) is 1.33. The van der Waals surface area contributed by atoms with Crippen molar-refractivity contribution >= 4 is 29.0 Å². The van der Waals surface area contributed by atoms with Gasteiger partial charge in [-0.2, -0.15) is 0 Å². The molecule has 1 aromatic carbocycles. The number of halogens is 2. The van der Waals surface area contributed by atoms with Crippen molar-refractivity contribution in [2.24, 2.45) is 0 Å². The Kier molecular flexibility index (Phi) is 3.71. The second kappa shape index (κ2) is 5.25. The van der Waals surface area contributed by atoms with Gasteiger partial charge in [-0.1, -0.05) is 23.2 Å². The molecule has 2 N–H and O–H groups in total. The largest absolute Gasteiger partial charge is 0.485 e. The zero-order chi connectivity index (χ0) is 12.3. The lowest BCUT2D eigenvalue weighted by atomic mass is 10.2. The van der Waals surface area contributed by atoms with Crippen LogP contribution in [0.2, 0.25) is 10.0 Å². The van der Waals surface area contributed by atoms with E-state index in [0.29, 0.717) is 28.2 Å². The molecule has 2 aromatic rings. The second-order valence-electron chi connectivity index (χ2n) is 3.41. The molecule has 88 valence electrons. The molecule has 3 nitrogen and oxygen atoms in total. The molecule has 0 fully saturated rings. The summed E-state index contributed by atoms with van der Waals surface area (Å²) in [6, 6.07) is 8.73. The number of pyridine rings is 1. The predicted octanol–water partition coefficient (Wildman–Crippen LogP) is 3.55. The van der Waals surface area contributed by atoms with Crippen LogP contribution < -0.4 is 10.5 Å². The van der Waals surface area contributed by atoms with Gasteiger partial charge in [0.1, 0.15) is 6.61 Å². The Morgan fingerprint density at radius 3 is 2.82 bits per heavy atom. The first kappa shape index (κ1) is 12.0. The molecule has 0 aliphatic carbocycles.